The zero-order valence-electron chi connectivity index (χ0n) is 11.7. The van der Waals surface area contributed by atoms with E-state index < -0.39 is 0 Å². The second kappa shape index (κ2) is 6.14. The molecule has 0 aliphatic carbocycles. The zero-order valence-corrected chi connectivity index (χ0v) is 11.7. The molecule has 1 heterocycles. The van der Waals surface area contributed by atoms with E-state index in [1.54, 1.807) is 14.0 Å². The minimum absolute atomic E-state index is 0.119. The molecule has 1 atom stereocenters. The molecule has 1 aromatic carbocycles. The smallest absolute Gasteiger partial charge is 0.225 e. The molecule has 20 heavy (non-hydrogen) atoms. The molecule has 1 aromatic heterocycles. The highest BCUT2D eigenvalue weighted by molar-refractivity contribution is 5.79. The van der Waals surface area contributed by atoms with Crippen LogP contribution < -0.4 is 10.1 Å². The Balaban J connectivity index is 2.03. The molecule has 0 saturated heterocycles. The van der Waals surface area contributed by atoms with Gasteiger partial charge in [-0.05, 0) is 19.9 Å². The third-order valence-corrected chi connectivity index (χ3v) is 2.91. The average Bonchev–Trinajstić information content (AvgIpc) is 2.92. The lowest BCUT2D eigenvalue weighted by atomic mass is 10.1. The van der Waals surface area contributed by atoms with Gasteiger partial charge in [-0.15, -0.1) is 10.2 Å². The third-order valence-electron chi connectivity index (χ3n) is 2.91. The predicted octanol–water partition coefficient (Wildman–Crippen LogP) is 0.937. The molecule has 1 unspecified atom stereocenters. The summed E-state index contributed by atoms with van der Waals surface area (Å²) in [6, 6.07) is 5.46. The van der Waals surface area contributed by atoms with Crippen molar-refractivity contribution in [3.05, 3.63) is 35.2 Å². The summed E-state index contributed by atoms with van der Waals surface area (Å²) in [6.45, 7) is 3.78. The van der Waals surface area contributed by atoms with Gasteiger partial charge in [-0.3, -0.25) is 4.79 Å². The standard InChI is InChI=1S/C13H17N5O2/c1-8-4-5-11(20-3)10(6-8)7-12(19)14-9(2)13-15-17-18-16-13/h4-6,9H,7H2,1-3H3,(H,14,19)(H,15,16,17,18). The number of amides is 1. The Hall–Kier alpha value is -2.44. The molecular formula is C13H17N5O2. The molecule has 0 aliphatic rings. The van der Waals surface area contributed by atoms with Gasteiger partial charge in [0.15, 0.2) is 5.82 Å². The lowest BCUT2D eigenvalue weighted by Crippen LogP contribution is -2.29. The summed E-state index contributed by atoms with van der Waals surface area (Å²) in [5.74, 6) is 1.04. The van der Waals surface area contributed by atoms with Crippen LogP contribution in [0.5, 0.6) is 5.75 Å². The summed E-state index contributed by atoms with van der Waals surface area (Å²) < 4.78 is 5.26. The number of aromatic nitrogens is 4. The Morgan fingerprint density at radius 3 is 2.95 bits per heavy atom. The predicted molar refractivity (Wildman–Crippen MR) is 72.2 cm³/mol. The van der Waals surface area contributed by atoms with Gasteiger partial charge in [0, 0.05) is 5.56 Å². The minimum atomic E-state index is -0.294. The van der Waals surface area contributed by atoms with Crippen LogP contribution in [0.15, 0.2) is 18.2 Å². The van der Waals surface area contributed by atoms with Crippen molar-refractivity contribution >= 4 is 5.91 Å². The number of ether oxygens (including phenoxy) is 1. The van der Waals surface area contributed by atoms with Gasteiger partial charge < -0.3 is 10.1 Å². The molecule has 1 amide bonds. The number of carbonyl (C=O) groups excluding carboxylic acids is 1. The van der Waals surface area contributed by atoms with Crippen molar-refractivity contribution in [2.45, 2.75) is 26.3 Å². The highest BCUT2D eigenvalue weighted by Gasteiger charge is 2.15. The van der Waals surface area contributed by atoms with Gasteiger partial charge in [-0.2, -0.15) is 5.21 Å². The van der Waals surface area contributed by atoms with Crippen LogP contribution in [0.25, 0.3) is 0 Å². The zero-order chi connectivity index (χ0) is 14.5. The molecule has 106 valence electrons. The summed E-state index contributed by atoms with van der Waals surface area (Å²) in [6.07, 6.45) is 0.243. The van der Waals surface area contributed by atoms with Crippen molar-refractivity contribution in [3.63, 3.8) is 0 Å². The molecular weight excluding hydrogens is 258 g/mol. The molecule has 0 fully saturated rings. The molecule has 7 heteroatoms. The van der Waals surface area contributed by atoms with Crippen LogP contribution >= 0.6 is 0 Å². The molecule has 0 aliphatic heterocycles. The van der Waals surface area contributed by atoms with E-state index in [4.69, 9.17) is 4.74 Å². The molecule has 7 nitrogen and oxygen atoms in total. The molecule has 0 radical (unpaired) electrons. The van der Waals surface area contributed by atoms with Crippen molar-refractivity contribution in [2.24, 2.45) is 0 Å². The van der Waals surface area contributed by atoms with E-state index in [0.29, 0.717) is 11.6 Å². The van der Waals surface area contributed by atoms with E-state index in [2.05, 4.69) is 25.9 Å². The van der Waals surface area contributed by atoms with Crippen molar-refractivity contribution in [3.8, 4) is 5.75 Å². The number of tetrazole rings is 1. The van der Waals surface area contributed by atoms with Gasteiger partial charge in [-0.25, -0.2) is 0 Å². The molecule has 2 N–H and O–H groups in total. The SMILES string of the molecule is COc1ccc(C)cc1CC(=O)NC(C)c1nn[nH]n1. The maximum absolute atomic E-state index is 12.0. The normalized spacial score (nSPS) is 11.9. The van der Waals surface area contributed by atoms with E-state index in [1.165, 1.54) is 0 Å². The number of methoxy groups -OCH3 is 1. The van der Waals surface area contributed by atoms with Crippen LogP contribution in [-0.4, -0.2) is 33.6 Å². The van der Waals surface area contributed by atoms with E-state index in [1.807, 2.05) is 25.1 Å². The lowest BCUT2D eigenvalue weighted by Gasteiger charge is -2.12. The van der Waals surface area contributed by atoms with Crippen LogP contribution in [-0.2, 0) is 11.2 Å². The van der Waals surface area contributed by atoms with E-state index >= 15 is 0 Å². The topological polar surface area (TPSA) is 92.8 Å². The highest BCUT2D eigenvalue weighted by atomic mass is 16.5. The third kappa shape index (κ3) is 3.31. The quantitative estimate of drug-likeness (QED) is 0.847. The van der Waals surface area contributed by atoms with Crippen molar-refractivity contribution in [1.82, 2.24) is 25.9 Å². The number of benzene rings is 1. The number of rotatable bonds is 5. The maximum Gasteiger partial charge on any atom is 0.225 e. The number of aryl methyl sites for hydroxylation is 1. The number of H-pyrrole nitrogens is 1. The van der Waals surface area contributed by atoms with Gasteiger partial charge in [0.05, 0.1) is 19.6 Å². The Kier molecular flexibility index (Phi) is 4.29. The largest absolute Gasteiger partial charge is 0.496 e. The highest BCUT2D eigenvalue weighted by Crippen LogP contribution is 2.20. The first-order valence-corrected chi connectivity index (χ1v) is 6.26. The number of hydrogen-bond donors (Lipinski definition) is 2. The number of nitrogens with one attached hydrogen (secondary N) is 2. The van der Waals surface area contributed by atoms with Crippen LogP contribution in [0.2, 0.25) is 0 Å². The second-order valence-electron chi connectivity index (χ2n) is 4.55. The lowest BCUT2D eigenvalue weighted by molar-refractivity contribution is -0.121. The number of aromatic amines is 1. The number of hydrogen-bond acceptors (Lipinski definition) is 5. The summed E-state index contributed by atoms with van der Waals surface area (Å²) in [4.78, 5) is 12.0. The Bertz CT molecular complexity index is 582. The van der Waals surface area contributed by atoms with Gasteiger partial charge in [0.1, 0.15) is 5.75 Å². The summed E-state index contributed by atoms with van der Waals surface area (Å²) in [5.41, 5.74) is 1.94. The fraction of sp³-hybridized carbons (Fsp3) is 0.385. The van der Waals surface area contributed by atoms with Crippen molar-refractivity contribution in [2.75, 3.05) is 7.11 Å². The fourth-order valence-electron chi connectivity index (χ4n) is 1.93. The first-order chi connectivity index (χ1) is 9.60. The minimum Gasteiger partial charge on any atom is -0.496 e. The Morgan fingerprint density at radius 1 is 1.50 bits per heavy atom. The molecule has 0 spiro atoms. The van der Waals surface area contributed by atoms with Gasteiger partial charge in [0.2, 0.25) is 5.91 Å². The van der Waals surface area contributed by atoms with E-state index in [-0.39, 0.29) is 18.4 Å². The fourth-order valence-corrected chi connectivity index (χ4v) is 1.93. The van der Waals surface area contributed by atoms with E-state index in [0.717, 1.165) is 11.1 Å². The van der Waals surface area contributed by atoms with E-state index in [9.17, 15) is 4.79 Å². The van der Waals surface area contributed by atoms with Crippen molar-refractivity contribution < 1.29 is 9.53 Å². The first-order valence-electron chi connectivity index (χ1n) is 6.26. The Morgan fingerprint density at radius 2 is 2.30 bits per heavy atom. The number of nitrogens with zero attached hydrogens (tertiary/aromatic N) is 3. The van der Waals surface area contributed by atoms with Crippen LogP contribution in [0.1, 0.15) is 29.9 Å². The van der Waals surface area contributed by atoms with Crippen LogP contribution in [0.3, 0.4) is 0 Å². The average molecular weight is 275 g/mol. The van der Waals surface area contributed by atoms with Crippen LogP contribution in [0.4, 0.5) is 0 Å². The van der Waals surface area contributed by atoms with Gasteiger partial charge in [0.25, 0.3) is 0 Å². The van der Waals surface area contributed by atoms with Gasteiger partial charge >= 0.3 is 0 Å². The summed E-state index contributed by atoms with van der Waals surface area (Å²) >= 11 is 0. The van der Waals surface area contributed by atoms with Crippen molar-refractivity contribution in [1.29, 1.82) is 0 Å². The monoisotopic (exact) mass is 275 g/mol. The second-order valence-corrected chi connectivity index (χ2v) is 4.55. The summed E-state index contributed by atoms with van der Waals surface area (Å²) in [5, 5.41) is 16.3. The summed E-state index contributed by atoms with van der Waals surface area (Å²) in [7, 11) is 1.59. The first kappa shape index (κ1) is 14.0. The molecule has 0 saturated carbocycles. The molecule has 2 rings (SSSR count). The number of carbonyl (C=O) groups is 1. The molecule has 2 aromatic rings. The Labute approximate surface area is 116 Å². The van der Waals surface area contributed by atoms with Crippen LogP contribution in [0, 0.1) is 6.92 Å². The maximum atomic E-state index is 12.0. The van der Waals surface area contributed by atoms with Gasteiger partial charge in [-0.1, -0.05) is 22.9 Å². The molecule has 0 bridgehead atoms.